The summed E-state index contributed by atoms with van der Waals surface area (Å²) in [6.07, 6.45) is -3.15. The molecule has 0 bridgehead atoms. The second-order valence-electron chi connectivity index (χ2n) is 3.47. The fraction of sp³-hybridized carbons (Fsp3) is 0.333. The van der Waals surface area contributed by atoms with Gasteiger partial charge in [0.15, 0.2) is 11.5 Å². The number of hydrogen-bond donors (Lipinski definition) is 1. The van der Waals surface area contributed by atoms with Crippen LogP contribution in [0.5, 0.6) is 0 Å². The van der Waals surface area contributed by atoms with Crippen molar-refractivity contribution in [3.8, 4) is 0 Å². The fourth-order valence-corrected chi connectivity index (χ4v) is 1.27. The predicted octanol–water partition coefficient (Wildman–Crippen LogP) is 1.77. The first-order valence-electron chi connectivity index (χ1n) is 4.57. The van der Waals surface area contributed by atoms with Gasteiger partial charge in [-0.3, -0.25) is 0 Å². The number of halogens is 3. The summed E-state index contributed by atoms with van der Waals surface area (Å²) >= 11 is 0. The third-order valence-corrected chi connectivity index (χ3v) is 2.09. The van der Waals surface area contributed by atoms with E-state index in [9.17, 15) is 13.2 Å². The molecule has 0 radical (unpaired) electrons. The highest BCUT2D eigenvalue weighted by Crippen LogP contribution is 2.29. The smallest absolute Gasteiger partial charge is 0.321 e. The summed E-state index contributed by atoms with van der Waals surface area (Å²) in [4.78, 5) is 3.91. The average Bonchev–Trinajstić information content (AvgIpc) is 2.58. The summed E-state index contributed by atoms with van der Waals surface area (Å²) in [5.74, 6) is 0.319. The molecule has 86 valence electrons. The Labute approximate surface area is 88.9 Å². The molecule has 1 unspecified atom stereocenters. The van der Waals surface area contributed by atoms with Crippen LogP contribution in [0.3, 0.4) is 0 Å². The first kappa shape index (κ1) is 10.9. The molecule has 7 heteroatoms. The van der Waals surface area contributed by atoms with Gasteiger partial charge in [0.1, 0.15) is 0 Å². The Morgan fingerprint density at radius 2 is 2.12 bits per heavy atom. The van der Waals surface area contributed by atoms with Gasteiger partial charge in [-0.05, 0) is 19.1 Å². The van der Waals surface area contributed by atoms with E-state index in [0.717, 1.165) is 12.1 Å². The van der Waals surface area contributed by atoms with Crippen molar-refractivity contribution >= 4 is 5.65 Å². The maximum absolute atomic E-state index is 12.4. The van der Waals surface area contributed by atoms with Gasteiger partial charge in [0.05, 0.1) is 11.6 Å². The molecule has 0 saturated carbocycles. The summed E-state index contributed by atoms with van der Waals surface area (Å²) in [6.45, 7) is 1.67. The lowest BCUT2D eigenvalue weighted by atomic mass is 10.2. The Bertz CT molecular complexity index is 515. The highest BCUT2D eigenvalue weighted by Gasteiger charge is 2.30. The quantitative estimate of drug-likeness (QED) is 0.812. The second kappa shape index (κ2) is 3.44. The van der Waals surface area contributed by atoms with E-state index >= 15 is 0 Å². The van der Waals surface area contributed by atoms with Crippen LogP contribution < -0.4 is 5.73 Å². The zero-order valence-corrected chi connectivity index (χ0v) is 8.36. The number of pyridine rings is 1. The van der Waals surface area contributed by atoms with Crippen molar-refractivity contribution in [1.29, 1.82) is 0 Å². The predicted molar refractivity (Wildman–Crippen MR) is 50.6 cm³/mol. The van der Waals surface area contributed by atoms with Crippen molar-refractivity contribution < 1.29 is 13.2 Å². The molecule has 0 aromatic carbocycles. The minimum Gasteiger partial charge on any atom is -0.321 e. The standard InChI is InChI=1S/C9H9F3N4/c1-5(13)8-14-7-4-6(9(10,11)12)2-3-16(7)15-8/h2-5H,13H2,1H3. The van der Waals surface area contributed by atoms with E-state index in [4.69, 9.17) is 5.73 Å². The number of alkyl halides is 3. The highest BCUT2D eigenvalue weighted by atomic mass is 19.4. The molecule has 0 fully saturated rings. The number of fused-ring (bicyclic) bond motifs is 1. The molecule has 4 nitrogen and oxygen atoms in total. The van der Waals surface area contributed by atoms with Crippen molar-refractivity contribution in [2.45, 2.75) is 19.1 Å². The Balaban J connectivity index is 2.54. The third-order valence-electron chi connectivity index (χ3n) is 2.09. The van der Waals surface area contributed by atoms with E-state index in [1.807, 2.05) is 0 Å². The van der Waals surface area contributed by atoms with E-state index < -0.39 is 17.8 Å². The van der Waals surface area contributed by atoms with Crippen molar-refractivity contribution in [3.63, 3.8) is 0 Å². The molecule has 0 spiro atoms. The van der Waals surface area contributed by atoms with Gasteiger partial charge in [-0.2, -0.15) is 13.2 Å². The minimum absolute atomic E-state index is 0.141. The Hall–Kier alpha value is -1.63. The van der Waals surface area contributed by atoms with E-state index in [0.29, 0.717) is 5.82 Å². The molecular weight excluding hydrogens is 221 g/mol. The van der Waals surface area contributed by atoms with E-state index in [1.165, 1.54) is 10.7 Å². The SMILES string of the molecule is CC(N)c1nc2cc(C(F)(F)F)ccn2n1. The van der Waals surface area contributed by atoms with Crippen molar-refractivity contribution in [1.82, 2.24) is 14.6 Å². The first-order chi connectivity index (χ1) is 7.38. The molecule has 0 amide bonds. The zero-order valence-electron chi connectivity index (χ0n) is 8.36. The average molecular weight is 230 g/mol. The monoisotopic (exact) mass is 230 g/mol. The summed E-state index contributed by atoms with van der Waals surface area (Å²) in [5.41, 5.74) is 4.94. The molecule has 0 aliphatic heterocycles. The van der Waals surface area contributed by atoms with Crippen LogP contribution in [-0.2, 0) is 6.18 Å². The third kappa shape index (κ3) is 1.85. The fourth-order valence-electron chi connectivity index (χ4n) is 1.27. The topological polar surface area (TPSA) is 56.2 Å². The number of nitrogens with zero attached hydrogens (tertiary/aromatic N) is 3. The first-order valence-corrected chi connectivity index (χ1v) is 4.57. The van der Waals surface area contributed by atoms with Crippen LogP contribution >= 0.6 is 0 Å². The van der Waals surface area contributed by atoms with E-state index in [-0.39, 0.29) is 5.65 Å². The van der Waals surface area contributed by atoms with Crippen molar-refractivity contribution in [3.05, 3.63) is 29.7 Å². The molecule has 2 heterocycles. The van der Waals surface area contributed by atoms with Crippen LogP contribution in [0, 0.1) is 0 Å². The molecule has 0 saturated heterocycles. The van der Waals surface area contributed by atoms with E-state index in [2.05, 4.69) is 10.1 Å². The van der Waals surface area contributed by atoms with Gasteiger partial charge < -0.3 is 5.73 Å². The van der Waals surface area contributed by atoms with Crippen molar-refractivity contribution in [2.24, 2.45) is 5.73 Å². The van der Waals surface area contributed by atoms with Crippen LogP contribution in [-0.4, -0.2) is 14.6 Å². The lowest BCUT2D eigenvalue weighted by Crippen LogP contribution is -2.07. The largest absolute Gasteiger partial charge is 0.416 e. The van der Waals surface area contributed by atoms with Crippen molar-refractivity contribution in [2.75, 3.05) is 0 Å². The van der Waals surface area contributed by atoms with Crippen LogP contribution in [0.1, 0.15) is 24.4 Å². The van der Waals surface area contributed by atoms with E-state index in [1.54, 1.807) is 6.92 Å². The number of hydrogen-bond acceptors (Lipinski definition) is 3. The molecule has 0 aliphatic rings. The molecule has 2 aromatic rings. The molecule has 2 N–H and O–H groups in total. The summed E-state index contributed by atoms with van der Waals surface area (Å²) < 4.78 is 38.5. The molecule has 1 atom stereocenters. The highest BCUT2D eigenvalue weighted by molar-refractivity contribution is 5.41. The number of rotatable bonds is 1. The molecule has 2 aromatic heterocycles. The minimum atomic E-state index is -4.37. The molecular formula is C9H9F3N4. The lowest BCUT2D eigenvalue weighted by Gasteiger charge is -2.05. The van der Waals surface area contributed by atoms with Gasteiger partial charge >= 0.3 is 6.18 Å². The van der Waals surface area contributed by atoms with Crippen LogP contribution in [0.2, 0.25) is 0 Å². The summed E-state index contributed by atoms with van der Waals surface area (Å²) in [5, 5.41) is 3.95. The maximum atomic E-state index is 12.4. The number of aromatic nitrogens is 3. The summed E-state index contributed by atoms with van der Waals surface area (Å²) in [7, 11) is 0. The second-order valence-corrected chi connectivity index (χ2v) is 3.47. The normalized spacial score (nSPS) is 14.3. The van der Waals surface area contributed by atoms with Crippen LogP contribution in [0.25, 0.3) is 5.65 Å². The molecule has 2 rings (SSSR count). The molecule has 16 heavy (non-hydrogen) atoms. The molecule has 0 aliphatic carbocycles. The van der Waals surface area contributed by atoms with Gasteiger partial charge in [0, 0.05) is 6.20 Å². The van der Waals surface area contributed by atoms with Gasteiger partial charge in [-0.1, -0.05) is 0 Å². The van der Waals surface area contributed by atoms with Gasteiger partial charge in [-0.25, -0.2) is 9.50 Å². The van der Waals surface area contributed by atoms with Gasteiger partial charge in [0.25, 0.3) is 0 Å². The maximum Gasteiger partial charge on any atom is 0.416 e. The Morgan fingerprint density at radius 1 is 1.44 bits per heavy atom. The zero-order chi connectivity index (χ0) is 11.9. The Kier molecular flexibility index (Phi) is 2.34. The Morgan fingerprint density at radius 3 is 2.69 bits per heavy atom. The summed E-state index contributed by atoms with van der Waals surface area (Å²) in [6, 6.07) is 1.49. The van der Waals surface area contributed by atoms with Gasteiger partial charge in [0.2, 0.25) is 0 Å². The number of nitrogens with two attached hydrogens (primary N) is 1. The van der Waals surface area contributed by atoms with Crippen LogP contribution in [0.15, 0.2) is 18.3 Å². The van der Waals surface area contributed by atoms with Gasteiger partial charge in [-0.15, -0.1) is 5.10 Å². The lowest BCUT2D eigenvalue weighted by molar-refractivity contribution is -0.137. The van der Waals surface area contributed by atoms with Crippen LogP contribution in [0.4, 0.5) is 13.2 Å².